The highest BCUT2D eigenvalue weighted by molar-refractivity contribution is 5.92. The molecule has 0 unspecified atom stereocenters. The van der Waals surface area contributed by atoms with Crippen molar-refractivity contribution in [2.75, 3.05) is 6.61 Å². The molecule has 7 heteroatoms. The van der Waals surface area contributed by atoms with Crippen molar-refractivity contribution in [1.29, 1.82) is 0 Å². The number of amides is 2. The average molecular weight is 412 g/mol. The van der Waals surface area contributed by atoms with Gasteiger partial charge in [0.25, 0.3) is 11.8 Å². The van der Waals surface area contributed by atoms with E-state index in [0.29, 0.717) is 12.3 Å². The number of benzene rings is 2. The van der Waals surface area contributed by atoms with Crippen LogP contribution in [0.15, 0.2) is 54.6 Å². The lowest BCUT2D eigenvalue weighted by molar-refractivity contribution is -0.145. The molecule has 0 saturated heterocycles. The molecule has 0 radical (unpaired) electrons. The van der Waals surface area contributed by atoms with Gasteiger partial charge in [0.05, 0.1) is 5.56 Å². The number of rotatable bonds is 8. The Kier molecular flexibility index (Phi) is 7.58. The summed E-state index contributed by atoms with van der Waals surface area (Å²) in [4.78, 5) is 38.0. The third-order valence-electron chi connectivity index (χ3n) is 4.36. The summed E-state index contributed by atoms with van der Waals surface area (Å²) in [5, 5.41) is 0. The molecule has 0 aliphatic heterocycles. The molecule has 2 amide bonds. The minimum Gasteiger partial charge on any atom is -0.484 e. The van der Waals surface area contributed by atoms with Crippen molar-refractivity contribution in [3.8, 4) is 5.75 Å². The molecule has 0 aliphatic rings. The van der Waals surface area contributed by atoms with Crippen LogP contribution in [-0.2, 0) is 20.9 Å². The number of carbonyl (C=O) groups excluding carboxylic acids is 3. The normalized spacial score (nSPS) is 12.0. The molecule has 0 aromatic heterocycles. The molecule has 30 heavy (non-hydrogen) atoms. The molecule has 160 valence electrons. The summed E-state index contributed by atoms with van der Waals surface area (Å²) in [6.45, 7) is 7.54. The van der Waals surface area contributed by atoms with Gasteiger partial charge in [-0.05, 0) is 57.5 Å². The van der Waals surface area contributed by atoms with E-state index in [-0.39, 0.29) is 18.1 Å². The molecule has 0 bridgehead atoms. The van der Waals surface area contributed by atoms with Gasteiger partial charge in [0.2, 0.25) is 0 Å². The molecular weight excluding hydrogens is 384 g/mol. The number of nitrogens with two attached hydrogens (primary N) is 1. The van der Waals surface area contributed by atoms with E-state index < -0.39 is 23.5 Å². The lowest BCUT2D eigenvalue weighted by Gasteiger charge is -2.37. The van der Waals surface area contributed by atoms with Gasteiger partial charge < -0.3 is 20.1 Å². The first-order chi connectivity index (χ1) is 14.1. The topological polar surface area (TPSA) is 98.9 Å². The molecule has 2 N–H and O–H groups in total. The molecule has 2 aromatic rings. The second-order valence-corrected chi connectivity index (χ2v) is 7.91. The van der Waals surface area contributed by atoms with Gasteiger partial charge in [0.15, 0.2) is 12.7 Å². The largest absolute Gasteiger partial charge is 0.484 e. The molecule has 0 saturated carbocycles. The summed E-state index contributed by atoms with van der Waals surface area (Å²) in [6.07, 6.45) is -0.953. The van der Waals surface area contributed by atoms with Crippen LogP contribution < -0.4 is 10.5 Å². The zero-order valence-electron chi connectivity index (χ0n) is 17.8. The fourth-order valence-corrected chi connectivity index (χ4v) is 2.75. The average Bonchev–Trinajstić information content (AvgIpc) is 2.70. The zero-order valence-corrected chi connectivity index (χ0v) is 17.8. The number of carbonyl (C=O) groups is 3. The van der Waals surface area contributed by atoms with Crippen LogP contribution in [0.5, 0.6) is 5.75 Å². The van der Waals surface area contributed by atoms with Gasteiger partial charge >= 0.3 is 5.97 Å². The highest BCUT2D eigenvalue weighted by Crippen LogP contribution is 2.20. The van der Waals surface area contributed by atoms with Crippen molar-refractivity contribution in [2.45, 2.75) is 45.9 Å². The van der Waals surface area contributed by atoms with Gasteiger partial charge in [-0.15, -0.1) is 0 Å². The lowest BCUT2D eigenvalue weighted by atomic mass is 10.0. The summed E-state index contributed by atoms with van der Waals surface area (Å²) in [7, 11) is 0. The second-order valence-electron chi connectivity index (χ2n) is 7.91. The minimum absolute atomic E-state index is 0.251. The van der Waals surface area contributed by atoms with Crippen molar-refractivity contribution in [3.05, 3.63) is 65.7 Å². The number of nitrogens with zero attached hydrogens (tertiary/aromatic N) is 1. The van der Waals surface area contributed by atoms with Gasteiger partial charge in [-0.2, -0.15) is 0 Å². The van der Waals surface area contributed by atoms with Crippen LogP contribution in [0, 0.1) is 0 Å². The monoisotopic (exact) mass is 412 g/mol. The molecule has 7 nitrogen and oxygen atoms in total. The molecule has 0 fully saturated rings. The third kappa shape index (κ3) is 6.62. The first kappa shape index (κ1) is 22.9. The van der Waals surface area contributed by atoms with E-state index in [9.17, 15) is 14.4 Å². The van der Waals surface area contributed by atoms with Crippen molar-refractivity contribution >= 4 is 17.8 Å². The maximum absolute atomic E-state index is 13.0. The summed E-state index contributed by atoms with van der Waals surface area (Å²) in [5.41, 5.74) is 5.84. The smallest absolute Gasteiger partial charge is 0.338 e. The number of hydrogen-bond donors (Lipinski definition) is 1. The third-order valence-corrected chi connectivity index (χ3v) is 4.36. The summed E-state index contributed by atoms with van der Waals surface area (Å²) in [5.74, 6) is -1.09. The van der Waals surface area contributed by atoms with Crippen molar-refractivity contribution in [2.24, 2.45) is 5.73 Å². The molecule has 0 aliphatic carbocycles. The van der Waals surface area contributed by atoms with Gasteiger partial charge in [0, 0.05) is 12.1 Å². The standard InChI is InChI=1S/C23H28N2O5/c1-16(21(27)25(23(2,3)4)14-17-8-6-5-7-9-17)30-22(28)18-10-12-19(13-11-18)29-15-20(24)26/h5-13,16H,14-15H2,1-4H3,(H2,24,26)/t16-/m0/s1. The van der Waals surface area contributed by atoms with Crippen LogP contribution >= 0.6 is 0 Å². The Hall–Kier alpha value is -3.35. The first-order valence-corrected chi connectivity index (χ1v) is 9.65. The Morgan fingerprint density at radius 2 is 1.60 bits per heavy atom. The van der Waals surface area contributed by atoms with E-state index in [1.54, 1.807) is 11.8 Å². The maximum atomic E-state index is 13.0. The van der Waals surface area contributed by atoms with E-state index >= 15 is 0 Å². The molecule has 2 rings (SSSR count). The van der Waals surface area contributed by atoms with Crippen molar-refractivity contribution in [3.63, 3.8) is 0 Å². The summed E-state index contributed by atoms with van der Waals surface area (Å²) in [6, 6.07) is 15.7. The van der Waals surface area contributed by atoms with Crippen LogP contribution in [0.3, 0.4) is 0 Å². The molecular formula is C23H28N2O5. The minimum atomic E-state index is -0.953. The highest BCUT2D eigenvalue weighted by Gasteiger charge is 2.31. The Morgan fingerprint density at radius 3 is 2.13 bits per heavy atom. The SMILES string of the molecule is C[C@H](OC(=O)c1ccc(OCC(N)=O)cc1)C(=O)N(Cc1ccccc1)C(C)(C)C. The van der Waals surface area contributed by atoms with Gasteiger partial charge in [0.1, 0.15) is 5.75 Å². The quantitative estimate of drug-likeness (QED) is 0.672. The fourth-order valence-electron chi connectivity index (χ4n) is 2.75. The lowest BCUT2D eigenvalue weighted by Crippen LogP contribution is -2.49. The van der Waals surface area contributed by atoms with Gasteiger partial charge in [-0.3, -0.25) is 9.59 Å². The molecule has 2 aromatic carbocycles. The highest BCUT2D eigenvalue weighted by atomic mass is 16.5. The maximum Gasteiger partial charge on any atom is 0.338 e. The number of ether oxygens (including phenoxy) is 2. The molecule has 0 spiro atoms. The molecule has 0 heterocycles. The number of primary amides is 1. The fraction of sp³-hybridized carbons (Fsp3) is 0.348. The second kappa shape index (κ2) is 9.91. The van der Waals surface area contributed by atoms with Crippen LogP contribution in [0.25, 0.3) is 0 Å². The van der Waals surface area contributed by atoms with E-state index in [4.69, 9.17) is 15.2 Å². The van der Waals surface area contributed by atoms with Gasteiger partial charge in [-0.25, -0.2) is 4.79 Å². The van der Waals surface area contributed by atoms with E-state index in [1.165, 1.54) is 24.3 Å². The predicted molar refractivity (Wildman–Crippen MR) is 113 cm³/mol. The first-order valence-electron chi connectivity index (χ1n) is 9.65. The van der Waals surface area contributed by atoms with Gasteiger partial charge in [-0.1, -0.05) is 30.3 Å². The van der Waals surface area contributed by atoms with E-state index in [2.05, 4.69) is 0 Å². The number of hydrogen-bond acceptors (Lipinski definition) is 5. The summed E-state index contributed by atoms with van der Waals surface area (Å²) < 4.78 is 10.6. The molecule has 1 atom stereocenters. The van der Waals surface area contributed by atoms with Crippen LogP contribution in [0.4, 0.5) is 0 Å². The zero-order chi connectivity index (χ0) is 22.3. The van der Waals surface area contributed by atoms with Crippen LogP contribution in [0.2, 0.25) is 0 Å². The van der Waals surface area contributed by atoms with E-state index in [1.807, 2.05) is 51.1 Å². The van der Waals surface area contributed by atoms with Crippen molar-refractivity contribution in [1.82, 2.24) is 4.90 Å². The Bertz CT molecular complexity index is 873. The predicted octanol–water partition coefficient (Wildman–Crippen LogP) is 2.92. The van der Waals surface area contributed by atoms with Crippen molar-refractivity contribution < 1.29 is 23.9 Å². The Balaban J connectivity index is 2.04. The summed E-state index contributed by atoms with van der Waals surface area (Å²) >= 11 is 0. The van der Waals surface area contributed by atoms with E-state index in [0.717, 1.165) is 5.56 Å². The van der Waals surface area contributed by atoms with Crippen LogP contribution in [-0.4, -0.2) is 40.9 Å². The Morgan fingerprint density at radius 1 is 1.00 bits per heavy atom. The van der Waals surface area contributed by atoms with Crippen LogP contribution in [0.1, 0.15) is 43.6 Å². The number of esters is 1. The Labute approximate surface area is 176 Å².